The molecule has 3 nitrogen and oxygen atoms in total. The van der Waals surface area contributed by atoms with Crippen LogP contribution in [-0.4, -0.2) is 9.38 Å². The van der Waals surface area contributed by atoms with Crippen molar-refractivity contribution in [3.63, 3.8) is 0 Å². The smallest absolute Gasteiger partial charge is 0.175 e. The topological polar surface area (TPSA) is 43.3 Å². The van der Waals surface area contributed by atoms with Gasteiger partial charge in [-0.15, -0.1) is 0 Å². The highest BCUT2D eigenvalue weighted by molar-refractivity contribution is 5.75. The molecule has 2 aromatic heterocycles. The molecule has 108 valence electrons. The highest BCUT2D eigenvalue weighted by Gasteiger charge is 2.16. The molecule has 0 aliphatic rings. The van der Waals surface area contributed by atoms with E-state index in [0.717, 1.165) is 5.56 Å². The molecule has 0 saturated heterocycles. The predicted octanol–water partition coefficient (Wildman–Crippen LogP) is 4.02. The molecule has 21 heavy (non-hydrogen) atoms. The maximum absolute atomic E-state index is 13.8. The summed E-state index contributed by atoms with van der Waals surface area (Å²) in [6, 6.07) is 11.1. The number of fused-ring (bicyclic) bond motifs is 1. The van der Waals surface area contributed by atoms with E-state index in [2.05, 4.69) is 37.9 Å². The number of halogens is 1. The summed E-state index contributed by atoms with van der Waals surface area (Å²) in [4.78, 5) is 4.34. The fourth-order valence-corrected chi connectivity index (χ4v) is 2.39. The summed E-state index contributed by atoms with van der Waals surface area (Å²) in [6.45, 7) is 6.49. The van der Waals surface area contributed by atoms with E-state index in [0.29, 0.717) is 11.5 Å². The SMILES string of the molecule is CC(C)(C)c1ccc(-c2nc3c(F)cccn3c2N)cc1. The second-order valence-corrected chi connectivity index (χ2v) is 6.22. The van der Waals surface area contributed by atoms with Gasteiger partial charge in [-0.2, -0.15) is 0 Å². The summed E-state index contributed by atoms with van der Waals surface area (Å²) in [5.41, 5.74) is 9.18. The Morgan fingerprint density at radius 3 is 2.33 bits per heavy atom. The number of nitrogen functional groups attached to an aromatic ring is 1. The lowest BCUT2D eigenvalue weighted by Crippen LogP contribution is -2.10. The largest absolute Gasteiger partial charge is 0.383 e. The number of hydrogen-bond acceptors (Lipinski definition) is 2. The van der Waals surface area contributed by atoms with Crippen molar-refractivity contribution < 1.29 is 4.39 Å². The molecule has 0 unspecified atom stereocenters. The van der Waals surface area contributed by atoms with Crippen molar-refractivity contribution in [1.29, 1.82) is 0 Å². The van der Waals surface area contributed by atoms with Crippen LogP contribution in [0, 0.1) is 5.82 Å². The first-order valence-corrected chi connectivity index (χ1v) is 6.91. The summed E-state index contributed by atoms with van der Waals surface area (Å²) in [7, 11) is 0. The third-order valence-corrected chi connectivity index (χ3v) is 3.66. The predicted molar refractivity (Wildman–Crippen MR) is 83.7 cm³/mol. The van der Waals surface area contributed by atoms with Crippen LogP contribution in [0.4, 0.5) is 10.2 Å². The molecule has 1 aromatic carbocycles. The van der Waals surface area contributed by atoms with E-state index in [1.807, 2.05) is 12.1 Å². The van der Waals surface area contributed by atoms with Gasteiger partial charge in [0.2, 0.25) is 0 Å². The Balaban J connectivity index is 2.13. The van der Waals surface area contributed by atoms with Gasteiger partial charge in [0.1, 0.15) is 11.5 Å². The highest BCUT2D eigenvalue weighted by atomic mass is 19.1. The Bertz CT molecular complexity index is 795. The Morgan fingerprint density at radius 2 is 1.76 bits per heavy atom. The van der Waals surface area contributed by atoms with E-state index < -0.39 is 0 Å². The first kappa shape index (κ1) is 13.6. The molecule has 2 heterocycles. The van der Waals surface area contributed by atoms with Gasteiger partial charge in [-0.25, -0.2) is 9.37 Å². The molecule has 4 heteroatoms. The maximum atomic E-state index is 13.8. The minimum Gasteiger partial charge on any atom is -0.383 e. The highest BCUT2D eigenvalue weighted by Crippen LogP contribution is 2.29. The molecule has 0 aliphatic heterocycles. The maximum Gasteiger partial charge on any atom is 0.175 e. The molecule has 3 rings (SSSR count). The third kappa shape index (κ3) is 2.27. The van der Waals surface area contributed by atoms with Crippen LogP contribution in [-0.2, 0) is 5.41 Å². The molecule has 2 N–H and O–H groups in total. The zero-order chi connectivity index (χ0) is 15.2. The lowest BCUT2D eigenvalue weighted by atomic mass is 9.86. The standard InChI is InChI=1S/C17H18FN3/c1-17(2,3)12-8-6-11(7-9-12)14-15(19)21-10-4-5-13(18)16(21)20-14/h4-10H,19H2,1-3H3. The zero-order valence-corrected chi connectivity index (χ0v) is 12.4. The number of rotatable bonds is 1. The van der Waals surface area contributed by atoms with Gasteiger partial charge < -0.3 is 5.73 Å². The van der Waals surface area contributed by atoms with E-state index in [-0.39, 0.29) is 16.9 Å². The molecule has 0 aliphatic carbocycles. The Labute approximate surface area is 123 Å². The number of pyridine rings is 1. The molecule has 0 amide bonds. The van der Waals surface area contributed by atoms with Crippen molar-refractivity contribution in [1.82, 2.24) is 9.38 Å². The van der Waals surface area contributed by atoms with Crippen LogP contribution in [0.5, 0.6) is 0 Å². The molecule has 0 spiro atoms. The van der Waals surface area contributed by atoms with Crippen molar-refractivity contribution in [2.45, 2.75) is 26.2 Å². The van der Waals surface area contributed by atoms with Crippen molar-refractivity contribution in [3.8, 4) is 11.3 Å². The van der Waals surface area contributed by atoms with Gasteiger partial charge in [-0.1, -0.05) is 45.0 Å². The zero-order valence-electron chi connectivity index (χ0n) is 12.4. The van der Waals surface area contributed by atoms with Crippen LogP contribution in [0.3, 0.4) is 0 Å². The number of imidazole rings is 1. The normalized spacial score (nSPS) is 12.0. The first-order chi connectivity index (χ1) is 9.88. The summed E-state index contributed by atoms with van der Waals surface area (Å²) >= 11 is 0. The van der Waals surface area contributed by atoms with Gasteiger partial charge in [0.25, 0.3) is 0 Å². The van der Waals surface area contributed by atoms with Gasteiger partial charge in [0.05, 0.1) is 0 Å². The Morgan fingerprint density at radius 1 is 1.10 bits per heavy atom. The third-order valence-electron chi connectivity index (χ3n) is 3.66. The Kier molecular flexibility index (Phi) is 2.97. The van der Waals surface area contributed by atoms with Crippen LogP contribution in [0.2, 0.25) is 0 Å². The average molecular weight is 283 g/mol. The van der Waals surface area contributed by atoms with E-state index >= 15 is 0 Å². The molecule has 0 saturated carbocycles. The van der Waals surface area contributed by atoms with E-state index in [9.17, 15) is 4.39 Å². The fraction of sp³-hybridized carbons (Fsp3) is 0.235. The number of benzene rings is 1. The van der Waals surface area contributed by atoms with E-state index in [4.69, 9.17) is 5.73 Å². The monoisotopic (exact) mass is 283 g/mol. The van der Waals surface area contributed by atoms with Crippen molar-refractivity contribution in [3.05, 3.63) is 54.0 Å². The molecular formula is C17H18FN3. The molecule has 3 aromatic rings. The van der Waals surface area contributed by atoms with Crippen LogP contribution in [0.15, 0.2) is 42.6 Å². The Hall–Kier alpha value is -2.36. The van der Waals surface area contributed by atoms with Crippen molar-refractivity contribution in [2.24, 2.45) is 0 Å². The van der Waals surface area contributed by atoms with Crippen molar-refractivity contribution in [2.75, 3.05) is 5.73 Å². The summed E-state index contributed by atoms with van der Waals surface area (Å²) in [5, 5.41) is 0. The van der Waals surface area contributed by atoms with Gasteiger partial charge in [-0.05, 0) is 23.1 Å². The molecule has 0 radical (unpaired) electrons. The number of nitrogens with two attached hydrogens (primary N) is 1. The first-order valence-electron chi connectivity index (χ1n) is 6.91. The second-order valence-electron chi connectivity index (χ2n) is 6.22. The molecule has 0 atom stereocenters. The minimum atomic E-state index is -0.373. The number of nitrogens with zero attached hydrogens (tertiary/aromatic N) is 2. The molecule has 0 fully saturated rings. The minimum absolute atomic E-state index is 0.0924. The van der Waals surface area contributed by atoms with Crippen LogP contribution < -0.4 is 5.73 Å². The van der Waals surface area contributed by atoms with E-state index in [1.54, 1.807) is 16.7 Å². The van der Waals surface area contributed by atoms with Crippen molar-refractivity contribution >= 4 is 11.5 Å². The molecular weight excluding hydrogens is 265 g/mol. The van der Waals surface area contributed by atoms with E-state index in [1.165, 1.54) is 11.6 Å². The number of aromatic nitrogens is 2. The van der Waals surface area contributed by atoms with Crippen LogP contribution in [0.25, 0.3) is 16.9 Å². The van der Waals surface area contributed by atoms with Gasteiger partial charge >= 0.3 is 0 Å². The summed E-state index contributed by atoms with van der Waals surface area (Å²) < 4.78 is 15.3. The lowest BCUT2D eigenvalue weighted by Gasteiger charge is -2.18. The quantitative estimate of drug-likeness (QED) is 0.733. The average Bonchev–Trinajstić information content (AvgIpc) is 2.77. The van der Waals surface area contributed by atoms with Gasteiger partial charge in [-0.3, -0.25) is 4.40 Å². The van der Waals surface area contributed by atoms with Gasteiger partial charge in [0, 0.05) is 11.8 Å². The van der Waals surface area contributed by atoms with Crippen LogP contribution >= 0.6 is 0 Å². The number of anilines is 1. The lowest BCUT2D eigenvalue weighted by molar-refractivity contribution is 0.590. The van der Waals surface area contributed by atoms with Crippen LogP contribution in [0.1, 0.15) is 26.3 Å². The summed E-state index contributed by atoms with van der Waals surface area (Å²) in [5.74, 6) is 0.0785. The van der Waals surface area contributed by atoms with Gasteiger partial charge in [0.15, 0.2) is 11.5 Å². The second kappa shape index (κ2) is 4.58. The molecule has 0 bridgehead atoms. The summed E-state index contributed by atoms with van der Waals surface area (Å²) in [6.07, 6.45) is 1.72. The number of hydrogen-bond donors (Lipinski definition) is 1. The fourth-order valence-electron chi connectivity index (χ4n) is 2.39.